The van der Waals surface area contributed by atoms with Gasteiger partial charge in [0.1, 0.15) is 5.66 Å². The van der Waals surface area contributed by atoms with Crippen molar-refractivity contribution in [2.24, 2.45) is 0 Å². The van der Waals surface area contributed by atoms with Crippen LogP contribution in [-0.2, 0) is 0 Å². The van der Waals surface area contributed by atoms with Gasteiger partial charge in [0.25, 0.3) is 5.91 Å². The van der Waals surface area contributed by atoms with E-state index >= 15 is 0 Å². The summed E-state index contributed by atoms with van der Waals surface area (Å²) in [6, 6.07) is 3.61. The SMILES string of the molecule is O=C1NC2(CCNCC2)Nc2cc3c(cc21)OCO3. The summed E-state index contributed by atoms with van der Waals surface area (Å²) in [5.74, 6) is 1.29. The molecule has 0 aromatic heterocycles. The van der Waals surface area contributed by atoms with Gasteiger partial charge >= 0.3 is 0 Å². The summed E-state index contributed by atoms with van der Waals surface area (Å²) in [6.07, 6.45) is 1.74. The second-order valence-corrected chi connectivity index (χ2v) is 5.16. The van der Waals surface area contributed by atoms with Gasteiger partial charge in [-0.3, -0.25) is 4.79 Å². The van der Waals surface area contributed by atoms with Crippen LogP contribution >= 0.6 is 0 Å². The molecule has 1 aromatic carbocycles. The number of rotatable bonds is 0. The van der Waals surface area contributed by atoms with Gasteiger partial charge in [-0.1, -0.05) is 0 Å². The number of carbonyl (C=O) groups excluding carboxylic acids is 1. The van der Waals surface area contributed by atoms with Crippen LogP contribution in [0.15, 0.2) is 12.1 Å². The molecule has 19 heavy (non-hydrogen) atoms. The minimum Gasteiger partial charge on any atom is -0.454 e. The Hall–Kier alpha value is -1.95. The lowest BCUT2D eigenvalue weighted by atomic mass is 9.93. The summed E-state index contributed by atoms with van der Waals surface area (Å²) >= 11 is 0. The van der Waals surface area contributed by atoms with Gasteiger partial charge in [-0.2, -0.15) is 0 Å². The number of amides is 1. The van der Waals surface area contributed by atoms with Crippen molar-refractivity contribution in [3.8, 4) is 11.5 Å². The first kappa shape index (κ1) is 10.9. The number of nitrogens with one attached hydrogen (secondary N) is 3. The van der Waals surface area contributed by atoms with E-state index in [0.717, 1.165) is 31.6 Å². The number of hydrogen-bond acceptors (Lipinski definition) is 5. The predicted octanol–water partition coefficient (Wildman–Crippen LogP) is 0.650. The summed E-state index contributed by atoms with van der Waals surface area (Å²) < 4.78 is 10.7. The van der Waals surface area contributed by atoms with Crippen LogP contribution in [0.5, 0.6) is 11.5 Å². The first-order chi connectivity index (χ1) is 9.26. The van der Waals surface area contributed by atoms with Crippen LogP contribution in [0.3, 0.4) is 0 Å². The Bertz CT molecular complexity index is 552. The Labute approximate surface area is 110 Å². The van der Waals surface area contributed by atoms with Crippen LogP contribution in [0.25, 0.3) is 0 Å². The molecular weight excluding hydrogens is 246 g/mol. The highest BCUT2D eigenvalue weighted by molar-refractivity contribution is 6.03. The van der Waals surface area contributed by atoms with Crippen molar-refractivity contribution in [1.29, 1.82) is 0 Å². The van der Waals surface area contributed by atoms with Crippen molar-refractivity contribution in [2.45, 2.75) is 18.5 Å². The normalized spacial score (nSPS) is 22.6. The van der Waals surface area contributed by atoms with E-state index in [1.54, 1.807) is 6.07 Å². The van der Waals surface area contributed by atoms with Crippen LogP contribution in [0, 0.1) is 0 Å². The van der Waals surface area contributed by atoms with E-state index in [-0.39, 0.29) is 18.4 Å². The monoisotopic (exact) mass is 261 g/mol. The maximum atomic E-state index is 12.3. The van der Waals surface area contributed by atoms with Gasteiger partial charge in [0.05, 0.1) is 11.3 Å². The van der Waals surface area contributed by atoms with E-state index in [2.05, 4.69) is 16.0 Å². The van der Waals surface area contributed by atoms with E-state index < -0.39 is 0 Å². The Morgan fingerprint density at radius 3 is 2.58 bits per heavy atom. The molecule has 1 saturated heterocycles. The molecule has 6 heteroatoms. The highest BCUT2D eigenvalue weighted by atomic mass is 16.7. The molecule has 0 saturated carbocycles. The zero-order valence-corrected chi connectivity index (χ0v) is 10.4. The van der Waals surface area contributed by atoms with Gasteiger partial charge in [-0.25, -0.2) is 0 Å². The molecule has 3 aliphatic heterocycles. The van der Waals surface area contributed by atoms with Gasteiger partial charge < -0.3 is 25.4 Å². The molecule has 4 rings (SSSR count). The molecule has 100 valence electrons. The lowest BCUT2D eigenvalue weighted by molar-refractivity contribution is 0.0881. The summed E-state index contributed by atoms with van der Waals surface area (Å²) in [5, 5.41) is 9.86. The molecule has 3 N–H and O–H groups in total. The van der Waals surface area contributed by atoms with Crippen LogP contribution in [0.4, 0.5) is 5.69 Å². The van der Waals surface area contributed by atoms with E-state index in [9.17, 15) is 4.79 Å². The molecule has 0 bridgehead atoms. The molecular formula is C13H15N3O3. The third-order valence-corrected chi connectivity index (χ3v) is 3.94. The standard InChI is InChI=1S/C13H15N3O3/c17-12-8-5-10-11(19-7-18-10)6-9(8)15-13(16-12)1-3-14-4-2-13/h5-6,14-15H,1-4,7H2,(H,16,17). The second-order valence-electron chi connectivity index (χ2n) is 5.16. The fourth-order valence-electron chi connectivity index (χ4n) is 2.91. The lowest BCUT2D eigenvalue weighted by Gasteiger charge is -2.43. The van der Waals surface area contributed by atoms with Gasteiger partial charge in [-0.05, 0) is 19.2 Å². The van der Waals surface area contributed by atoms with Crippen molar-refractivity contribution in [1.82, 2.24) is 10.6 Å². The smallest absolute Gasteiger partial charge is 0.255 e. The summed E-state index contributed by atoms with van der Waals surface area (Å²) in [5.41, 5.74) is 1.12. The summed E-state index contributed by atoms with van der Waals surface area (Å²) in [4.78, 5) is 12.3. The molecule has 1 spiro atoms. The molecule has 1 aromatic rings. The molecule has 1 fully saturated rings. The van der Waals surface area contributed by atoms with Crippen LogP contribution in [0.2, 0.25) is 0 Å². The lowest BCUT2D eigenvalue weighted by Crippen LogP contribution is -2.61. The minimum atomic E-state index is -0.330. The Morgan fingerprint density at radius 1 is 1.05 bits per heavy atom. The zero-order valence-electron chi connectivity index (χ0n) is 10.4. The van der Waals surface area contributed by atoms with Crippen molar-refractivity contribution in [2.75, 3.05) is 25.2 Å². The average Bonchev–Trinajstić information content (AvgIpc) is 2.85. The highest BCUT2D eigenvalue weighted by Gasteiger charge is 2.39. The van der Waals surface area contributed by atoms with Gasteiger partial charge in [0.15, 0.2) is 11.5 Å². The number of carbonyl (C=O) groups is 1. The topological polar surface area (TPSA) is 71.6 Å². The fourth-order valence-corrected chi connectivity index (χ4v) is 2.91. The zero-order chi connectivity index (χ0) is 12.9. The second kappa shape index (κ2) is 3.77. The number of benzene rings is 1. The van der Waals surface area contributed by atoms with E-state index in [4.69, 9.17) is 9.47 Å². The molecule has 3 heterocycles. The fraction of sp³-hybridized carbons (Fsp3) is 0.462. The van der Waals surface area contributed by atoms with Crippen molar-refractivity contribution in [3.05, 3.63) is 17.7 Å². The minimum absolute atomic E-state index is 0.0473. The van der Waals surface area contributed by atoms with E-state index in [1.807, 2.05) is 6.07 Å². The third kappa shape index (κ3) is 1.63. The van der Waals surface area contributed by atoms with E-state index in [0.29, 0.717) is 17.1 Å². The Morgan fingerprint density at radius 2 is 1.79 bits per heavy atom. The Balaban J connectivity index is 1.75. The summed E-state index contributed by atoms with van der Waals surface area (Å²) in [7, 11) is 0. The van der Waals surface area contributed by atoms with Crippen LogP contribution < -0.4 is 25.4 Å². The number of piperidine rings is 1. The third-order valence-electron chi connectivity index (χ3n) is 3.94. The number of hydrogen-bond donors (Lipinski definition) is 3. The first-order valence-corrected chi connectivity index (χ1v) is 6.51. The van der Waals surface area contributed by atoms with Crippen molar-refractivity contribution in [3.63, 3.8) is 0 Å². The molecule has 0 aliphatic carbocycles. The predicted molar refractivity (Wildman–Crippen MR) is 68.5 cm³/mol. The maximum absolute atomic E-state index is 12.3. The van der Waals surface area contributed by atoms with Crippen LogP contribution in [-0.4, -0.2) is 31.5 Å². The largest absolute Gasteiger partial charge is 0.454 e. The van der Waals surface area contributed by atoms with Crippen molar-refractivity contribution >= 4 is 11.6 Å². The molecule has 0 unspecified atom stereocenters. The molecule has 6 nitrogen and oxygen atoms in total. The quantitative estimate of drug-likeness (QED) is 0.639. The van der Waals surface area contributed by atoms with Crippen LogP contribution in [0.1, 0.15) is 23.2 Å². The van der Waals surface area contributed by atoms with E-state index in [1.165, 1.54) is 0 Å². The van der Waals surface area contributed by atoms with Crippen molar-refractivity contribution < 1.29 is 14.3 Å². The molecule has 0 atom stereocenters. The number of fused-ring (bicyclic) bond motifs is 2. The average molecular weight is 261 g/mol. The number of anilines is 1. The van der Waals surface area contributed by atoms with Gasteiger partial charge in [-0.15, -0.1) is 0 Å². The molecule has 3 aliphatic rings. The highest BCUT2D eigenvalue weighted by Crippen LogP contribution is 2.40. The molecule has 0 radical (unpaired) electrons. The maximum Gasteiger partial charge on any atom is 0.255 e. The number of ether oxygens (including phenoxy) is 2. The van der Waals surface area contributed by atoms with Gasteiger partial charge in [0.2, 0.25) is 6.79 Å². The van der Waals surface area contributed by atoms with Gasteiger partial charge in [0, 0.05) is 18.9 Å². The Kier molecular flexibility index (Phi) is 2.17. The summed E-state index contributed by atoms with van der Waals surface area (Å²) in [6.45, 7) is 2.01. The first-order valence-electron chi connectivity index (χ1n) is 6.51. The molecule has 1 amide bonds.